The maximum absolute atomic E-state index is 12.8. The SMILES string of the molecule is COC(=O)c1c(NC(C)=O)c2cc(NCc3ccc4c(c3)CCO4)cnc2n1C[C@H]1CCCO1. The fourth-order valence-electron chi connectivity index (χ4n) is 4.66. The summed E-state index contributed by atoms with van der Waals surface area (Å²) >= 11 is 0. The van der Waals surface area contributed by atoms with Crippen LogP contribution in [0.1, 0.15) is 41.4 Å². The summed E-state index contributed by atoms with van der Waals surface area (Å²) in [6, 6.07) is 8.10. The third-order valence-corrected chi connectivity index (χ3v) is 6.24. The van der Waals surface area contributed by atoms with Gasteiger partial charge in [0.1, 0.15) is 11.4 Å². The first kappa shape index (κ1) is 22.2. The fourth-order valence-corrected chi connectivity index (χ4v) is 4.66. The summed E-state index contributed by atoms with van der Waals surface area (Å²) in [5.74, 6) is 0.143. The van der Waals surface area contributed by atoms with Crippen molar-refractivity contribution in [1.29, 1.82) is 0 Å². The van der Waals surface area contributed by atoms with E-state index >= 15 is 0 Å². The Morgan fingerprint density at radius 1 is 1.26 bits per heavy atom. The van der Waals surface area contributed by atoms with Gasteiger partial charge in [0, 0.05) is 31.9 Å². The quantitative estimate of drug-likeness (QED) is 0.516. The molecule has 4 heterocycles. The summed E-state index contributed by atoms with van der Waals surface area (Å²) in [5, 5.41) is 6.89. The predicted molar refractivity (Wildman–Crippen MR) is 127 cm³/mol. The van der Waals surface area contributed by atoms with Gasteiger partial charge in [-0.3, -0.25) is 4.79 Å². The number of benzene rings is 1. The molecule has 0 spiro atoms. The van der Waals surface area contributed by atoms with Gasteiger partial charge in [0.05, 0.1) is 43.9 Å². The van der Waals surface area contributed by atoms with Crippen molar-refractivity contribution in [2.75, 3.05) is 31.0 Å². The van der Waals surface area contributed by atoms with Crippen LogP contribution in [0.15, 0.2) is 30.5 Å². The highest BCUT2D eigenvalue weighted by molar-refractivity contribution is 6.11. The molecule has 0 saturated carbocycles. The van der Waals surface area contributed by atoms with E-state index in [1.807, 2.05) is 18.2 Å². The number of pyridine rings is 1. The standard InChI is InChI=1S/C25H28N4O5/c1-15(30)28-22-20-11-18(26-12-16-5-6-21-17(10-16)7-9-34-21)13-27-24(20)29(23(22)25(31)32-2)14-19-4-3-8-33-19/h5-6,10-11,13,19,26H,3-4,7-9,12,14H2,1-2H3,(H,28,30)/t19-/m1/s1. The van der Waals surface area contributed by atoms with E-state index in [9.17, 15) is 9.59 Å². The van der Waals surface area contributed by atoms with Gasteiger partial charge in [-0.15, -0.1) is 0 Å². The summed E-state index contributed by atoms with van der Waals surface area (Å²) < 4.78 is 18.2. The second-order valence-electron chi connectivity index (χ2n) is 8.63. The van der Waals surface area contributed by atoms with Gasteiger partial charge in [0.25, 0.3) is 0 Å². The lowest BCUT2D eigenvalue weighted by molar-refractivity contribution is -0.114. The number of carbonyl (C=O) groups is 2. The number of nitrogens with one attached hydrogen (secondary N) is 2. The van der Waals surface area contributed by atoms with Gasteiger partial charge < -0.3 is 29.4 Å². The first-order chi connectivity index (χ1) is 16.5. The molecular formula is C25H28N4O5. The number of hydrogen-bond acceptors (Lipinski definition) is 7. The lowest BCUT2D eigenvalue weighted by Gasteiger charge is -2.14. The van der Waals surface area contributed by atoms with Crippen LogP contribution in [0.2, 0.25) is 0 Å². The Hall–Kier alpha value is -3.59. The number of rotatable bonds is 7. The Morgan fingerprint density at radius 2 is 2.15 bits per heavy atom. The normalized spacial score (nSPS) is 16.8. The summed E-state index contributed by atoms with van der Waals surface area (Å²) in [4.78, 5) is 29.5. The summed E-state index contributed by atoms with van der Waals surface area (Å²) in [6.07, 6.45) is 4.52. The van der Waals surface area contributed by atoms with Crippen LogP contribution in [-0.2, 0) is 33.8 Å². The molecule has 2 N–H and O–H groups in total. The second-order valence-corrected chi connectivity index (χ2v) is 8.63. The molecule has 1 amide bonds. The van der Waals surface area contributed by atoms with E-state index in [1.54, 1.807) is 10.8 Å². The number of ether oxygens (including phenoxy) is 3. The molecule has 34 heavy (non-hydrogen) atoms. The Bertz CT molecular complexity index is 1250. The lowest BCUT2D eigenvalue weighted by atomic mass is 10.1. The monoisotopic (exact) mass is 464 g/mol. The average Bonchev–Trinajstić information content (AvgIpc) is 3.57. The van der Waals surface area contributed by atoms with E-state index in [0.29, 0.717) is 36.4 Å². The Balaban J connectivity index is 1.50. The van der Waals surface area contributed by atoms with Crippen molar-refractivity contribution in [3.8, 4) is 5.75 Å². The second kappa shape index (κ2) is 9.34. The minimum Gasteiger partial charge on any atom is -0.493 e. The van der Waals surface area contributed by atoms with Crippen LogP contribution in [0.4, 0.5) is 11.4 Å². The molecule has 0 aliphatic carbocycles. The van der Waals surface area contributed by atoms with Crippen molar-refractivity contribution in [3.05, 3.63) is 47.3 Å². The molecule has 2 aromatic heterocycles. The van der Waals surface area contributed by atoms with Crippen LogP contribution >= 0.6 is 0 Å². The zero-order chi connectivity index (χ0) is 23.7. The molecule has 9 nitrogen and oxygen atoms in total. The Morgan fingerprint density at radius 3 is 2.91 bits per heavy atom. The van der Waals surface area contributed by atoms with Crippen LogP contribution in [0.25, 0.3) is 11.0 Å². The molecular weight excluding hydrogens is 436 g/mol. The number of hydrogen-bond donors (Lipinski definition) is 2. The van der Waals surface area contributed by atoms with Crippen molar-refractivity contribution in [2.24, 2.45) is 0 Å². The lowest BCUT2D eigenvalue weighted by Crippen LogP contribution is -2.21. The highest BCUT2D eigenvalue weighted by Gasteiger charge is 2.28. The van der Waals surface area contributed by atoms with Gasteiger partial charge in [-0.25, -0.2) is 9.78 Å². The van der Waals surface area contributed by atoms with Gasteiger partial charge in [-0.05, 0) is 36.1 Å². The predicted octanol–water partition coefficient (Wildman–Crippen LogP) is 3.51. The first-order valence-corrected chi connectivity index (χ1v) is 11.5. The van der Waals surface area contributed by atoms with Gasteiger partial charge >= 0.3 is 5.97 Å². The number of carbonyl (C=O) groups excluding carboxylic acids is 2. The molecule has 1 saturated heterocycles. The number of esters is 1. The fraction of sp³-hybridized carbons (Fsp3) is 0.400. The summed E-state index contributed by atoms with van der Waals surface area (Å²) in [7, 11) is 1.33. The highest BCUT2D eigenvalue weighted by Crippen LogP contribution is 2.34. The number of nitrogens with zero attached hydrogens (tertiary/aromatic N) is 2. The Kier molecular flexibility index (Phi) is 6.10. The molecule has 1 aromatic carbocycles. The minimum atomic E-state index is -0.533. The molecule has 0 bridgehead atoms. The van der Waals surface area contributed by atoms with Gasteiger partial charge in [0.2, 0.25) is 5.91 Å². The van der Waals surface area contributed by atoms with Gasteiger partial charge in [-0.2, -0.15) is 0 Å². The molecule has 2 aliphatic heterocycles. The smallest absolute Gasteiger partial charge is 0.356 e. The zero-order valence-corrected chi connectivity index (χ0v) is 19.3. The Labute approximate surface area is 197 Å². The molecule has 0 unspecified atom stereocenters. The topological polar surface area (TPSA) is 104 Å². The number of anilines is 2. The van der Waals surface area contributed by atoms with E-state index in [2.05, 4.69) is 21.7 Å². The van der Waals surface area contributed by atoms with E-state index in [0.717, 1.165) is 42.9 Å². The van der Waals surface area contributed by atoms with Crippen molar-refractivity contribution in [2.45, 2.75) is 45.4 Å². The summed E-state index contributed by atoms with van der Waals surface area (Å²) in [6.45, 7) is 3.90. The molecule has 3 aromatic rings. The maximum atomic E-state index is 12.8. The molecule has 5 rings (SSSR count). The van der Waals surface area contributed by atoms with Crippen LogP contribution in [-0.4, -0.2) is 47.9 Å². The van der Waals surface area contributed by atoms with E-state index in [4.69, 9.17) is 14.2 Å². The molecule has 1 fully saturated rings. The minimum absolute atomic E-state index is 0.0208. The molecule has 0 radical (unpaired) electrons. The number of methoxy groups -OCH3 is 1. The third kappa shape index (κ3) is 4.31. The first-order valence-electron chi connectivity index (χ1n) is 11.5. The van der Waals surface area contributed by atoms with Gasteiger partial charge in [0.15, 0.2) is 5.69 Å². The zero-order valence-electron chi connectivity index (χ0n) is 19.3. The van der Waals surface area contributed by atoms with Crippen molar-refractivity contribution in [3.63, 3.8) is 0 Å². The number of fused-ring (bicyclic) bond motifs is 2. The highest BCUT2D eigenvalue weighted by atomic mass is 16.5. The van der Waals surface area contributed by atoms with Crippen LogP contribution in [0.5, 0.6) is 5.75 Å². The van der Waals surface area contributed by atoms with E-state index in [1.165, 1.54) is 19.6 Å². The van der Waals surface area contributed by atoms with Crippen molar-refractivity contribution < 1.29 is 23.8 Å². The van der Waals surface area contributed by atoms with Crippen LogP contribution in [0.3, 0.4) is 0 Å². The molecule has 178 valence electrons. The van der Waals surface area contributed by atoms with Crippen LogP contribution < -0.4 is 15.4 Å². The molecule has 1 atom stereocenters. The third-order valence-electron chi connectivity index (χ3n) is 6.24. The largest absolute Gasteiger partial charge is 0.493 e. The molecule has 9 heteroatoms. The number of amides is 1. The number of aromatic nitrogens is 2. The maximum Gasteiger partial charge on any atom is 0.356 e. The van der Waals surface area contributed by atoms with E-state index < -0.39 is 5.97 Å². The van der Waals surface area contributed by atoms with Crippen molar-refractivity contribution in [1.82, 2.24) is 9.55 Å². The van der Waals surface area contributed by atoms with Crippen LogP contribution in [0, 0.1) is 0 Å². The average molecular weight is 465 g/mol. The van der Waals surface area contributed by atoms with Crippen molar-refractivity contribution >= 4 is 34.3 Å². The van der Waals surface area contributed by atoms with E-state index in [-0.39, 0.29) is 17.7 Å². The van der Waals surface area contributed by atoms with Gasteiger partial charge in [-0.1, -0.05) is 12.1 Å². The molecule has 2 aliphatic rings. The summed E-state index contributed by atoms with van der Waals surface area (Å²) in [5.41, 5.74) is 4.40.